The van der Waals surface area contributed by atoms with E-state index in [-0.39, 0.29) is 11.9 Å². The Morgan fingerprint density at radius 2 is 1.90 bits per heavy atom. The highest BCUT2D eigenvalue weighted by Gasteiger charge is 2.20. The summed E-state index contributed by atoms with van der Waals surface area (Å²) < 4.78 is 0. The van der Waals surface area contributed by atoms with E-state index in [0.29, 0.717) is 11.3 Å². The molecule has 0 radical (unpaired) electrons. The molecular formula is C15H24N4O. The van der Waals surface area contributed by atoms with Gasteiger partial charge in [-0.05, 0) is 39.1 Å². The lowest BCUT2D eigenvalue weighted by Crippen LogP contribution is -2.45. The third kappa shape index (κ3) is 3.42. The Morgan fingerprint density at radius 1 is 1.25 bits per heavy atom. The lowest BCUT2D eigenvalue weighted by molar-refractivity contribution is 0.0943. The van der Waals surface area contributed by atoms with Gasteiger partial charge in [0.05, 0.1) is 5.56 Å². The van der Waals surface area contributed by atoms with Gasteiger partial charge >= 0.3 is 0 Å². The van der Waals surface area contributed by atoms with Gasteiger partial charge in [0.25, 0.3) is 5.91 Å². The van der Waals surface area contributed by atoms with Gasteiger partial charge in [-0.15, -0.1) is 0 Å². The van der Waals surface area contributed by atoms with E-state index < -0.39 is 0 Å². The molecule has 0 atom stereocenters. The fourth-order valence-corrected chi connectivity index (χ4v) is 2.40. The van der Waals surface area contributed by atoms with E-state index in [1.807, 2.05) is 26.0 Å². The number of carbonyl (C=O) groups is 1. The molecule has 1 aliphatic heterocycles. The van der Waals surface area contributed by atoms with Crippen LogP contribution in [0.4, 0.5) is 11.4 Å². The van der Waals surface area contributed by atoms with Crippen molar-refractivity contribution in [2.45, 2.75) is 19.9 Å². The van der Waals surface area contributed by atoms with Crippen molar-refractivity contribution in [1.82, 2.24) is 10.2 Å². The number of nitrogen functional groups attached to an aromatic ring is 1. The number of piperazine rings is 1. The molecule has 5 heteroatoms. The second-order valence-electron chi connectivity index (χ2n) is 5.70. The van der Waals surface area contributed by atoms with E-state index in [1.54, 1.807) is 6.07 Å². The van der Waals surface area contributed by atoms with Gasteiger partial charge in [0.1, 0.15) is 0 Å². The number of nitrogens with one attached hydrogen (secondary N) is 1. The molecular weight excluding hydrogens is 252 g/mol. The summed E-state index contributed by atoms with van der Waals surface area (Å²) in [5.74, 6) is -0.0544. The number of hydrogen-bond donors (Lipinski definition) is 2. The lowest BCUT2D eigenvalue weighted by atomic mass is 10.1. The Labute approximate surface area is 120 Å². The van der Waals surface area contributed by atoms with E-state index in [1.165, 1.54) is 0 Å². The number of hydrogen-bond acceptors (Lipinski definition) is 4. The van der Waals surface area contributed by atoms with E-state index in [2.05, 4.69) is 22.2 Å². The van der Waals surface area contributed by atoms with Gasteiger partial charge in [0.2, 0.25) is 0 Å². The number of rotatable bonds is 3. The quantitative estimate of drug-likeness (QED) is 0.813. The van der Waals surface area contributed by atoms with Crippen LogP contribution in [0.1, 0.15) is 24.2 Å². The number of amides is 1. The van der Waals surface area contributed by atoms with Crippen LogP contribution in [0.15, 0.2) is 18.2 Å². The standard InChI is InChI=1S/C15H24N4O/c1-11(2)17-15(20)13-10-12(16)4-5-14(13)19-8-6-18(3)7-9-19/h4-5,10-11H,6-9,16H2,1-3H3,(H,17,20). The molecule has 1 aliphatic rings. The molecule has 0 aliphatic carbocycles. The molecule has 1 saturated heterocycles. The van der Waals surface area contributed by atoms with Crippen molar-refractivity contribution in [1.29, 1.82) is 0 Å². The Kier molecular flexibility index (Phi) is 4.49. The van der Waals surface area contributed by atoms with Crippen molar-refractivity contribution < 1.29 is 4.79 Å². The van der Waals surface area contributed by atoms with E-state index in [0.717, 1.165) is 31.9 Å². The second-order valence-corrected chi connectivity index (χ2v) is 5.70. The fraction of sp³-hybridized carbons (Fsp3) is 0.533. The average molecular weight is 276 g/mol. The van der Waals surface area contributed by atoms with Crippen LogP contribution < -0.4 is 16.0 Å². The number of likely N-dealkylation sites (N-methyl/N-ethyl adjacent to an activating group) is 1. The van der Waals surface area contributed by atoms with Crippen LogP contribution in [0.25, 0.3) is 0 Å². The molecule has 5 nitrogen and oxygen atoms in total. The summed E-state index contributed by atoms with van der Waals surface area (Å²) in [5.41, 5.74) is 8.11. The van der Waals surface area contributed by atoms with Gasteiger partial charge in [-0.2, -0.15) is 0 Å². The van der Waals surface area contributed by atoms with Crippen LogP contribution >= 0.6 is 0 Å². The summed E-state index contributed by atoms with van der Waals surface area (Å²) in [5, 5.41) is 2.94. The van der Waals surface area contributed by atoms with Gasteiger partial charge in [0, 0.05) is 43.6 Å². The lowest BCUT2D eigenvalue weighted by Gasteiger charge is -2.35. The van der Waals surface area contributed by atoms with Crippen LogP contribution in [0.5, 0.6) is 0 Å². The highest BCUT2D eigenvalue weighted by Crippen LogP contribution is 2.24. The van der Waals surface area contributed by atoms with E-state index in [9.17, 15) is 4.79 Å². The van der Waals surface area contributed by atoms with Crippen LogP contribution in [-0.4, -0.2) is 50.1 Å². The predicted molar refractivity (Wildman–Crippen MR) is 83.2 cm³/mol. The maximum Gasteiger partial charge on any atom is 0.253 e. The maximum absolute atomic E-state index is 12.3. The summed E-state index contributed by atoms with van der Waals surface area (Å²) in [6, 6.07) is 5.70. The highest BCUT2D eigenvalue weighted by atomic mass is 16.1. The largest absolute Gasteiger partial charge is 0.399 e. The molecule has 0 aromatic heterocycles. The Hall–Kier alpha value is -1.75. The normalized spacial score (nSPS) is 16.5. The fourth-order valence-electron chi connectivity index (χ4n) is 2.40. The molecule has 1 fully saturated rings. The summed E-state index contributed by atoms with van der Waals surface area (Å²) in [6.07, 6.45) is 0. The van der Waals surface area contributed by atoms with E-state index >= 15 is 0 Å². The van der Waals surface area contributed by atoms with Crippen molar-refractivity contribution in [2.75, 3.05) is 43.9 Å². The zero-order valence-corrected chi connectivity index (χ0v) is 12.5. The van der Waals surface area contributed by atoms with E-state index in [4.69, 9.17) is 5.73 Å². The number of carbonyl (C=O) groups excluding carboxylic acids is 1. The van der Waals surface area contributed by atoms with Gasteiger partial charge < -0.3 is 20.9 Å². The summed E-state index contributed by atoms with van der Waals surface area (Å²) in [6.45, 7) is 7.80. The first-order valence-corrected chi connectivity index (χ1v) is 7.11. The summed E-state index contributed by atoms with van der Waals surface area (Å²) in [4.78, 5) is 16.9. The van der Waals surface area contributed by atoms with Crippen LogP contribution in [0.3, 0.4) is 0 Å². The Balaban J connectivity index is 2.26. The molecule has 1 aromatic rings. The van der Waals surface area contributed by atoms with Crippen LogP contribution in [-0.2, 0) is 0 Å². The first kappa shape index (κ1) is 14.7. The molecule has 20 heavy (non-hydrogen) atoms. The molecule has 0 bridgehead atoms. The number of benzene rings is 1. The minimum Gasteiger partial charge on any atom is -0.399 e. The Morgan fingerprint density at radius 3 is 2.50 bits per heavy atom. The monoisotopic (exact) mass is 276 g/mol. The molecule has 2 rings (SSSR count). The average Bonchev–Trinajstić information content (AvgIpc) is 2.39. The molecule has 0 spiro atoms. The molecule has 1 heterocycles. The second kappa shape index (κ2) is 6.13. The van der Waals surface area contributed by atoms with Crippen molar-refractivity contribution in [3.63, 3.8) is 0 Å². The molecule has 0 unspecified atom stereocenters. The minimum atomic E-state index is -0.0544. The number of nitrogens with zero attached hydrogens (tertiary/aromatic N) is 2. The van der Waals surface area contributed by atoms with Crippen molar-refractivity contribution >= 4 is 17.3 Å². The topological polar surface area (TPSA) is 61.6 Å². The van der Waals surface area contributed by atoms with Gasteiger partial charge in [-0.25, -0.2) is 0 Å². The summed E-state index contributed by atoms with van der Waals surface area (Å²) in [7, 11) is 2.12. The first-order valence-electron chi connectivity index (χ1n) is 7.11. The summed E-state index contributed by atoms with van der Waals surface area (Å²) >= 11 is 0. The SMILES string of the molecule is CC(C)NC(=O)c1cc(N)ccc1N1CCN(C)CC1. The van der Waals surface area contributed by atoms with Crippen molar-refractivity contribution in [3.8, 4) is 0 Å². The molecule has 110 valence electrons. The molecule has 0 saturated carbocycles. The third-order valence-electron chi connectivity index (χ3n) is 3.53. The van der Waals surface area contributed by atoms with Gasteiger partial charge in [0.15, 0.2) is 0 Å². The van der Waals surface area contributed by atoms with Gasteiger partial charge in [-0.3, -0.25) is 4.79 Å². The van der Waals surface area contributed by atoms with Crippen molar-refractivity contribution in [3.05, 3.63) is 23.8 Å². The zero-order chi connectivity index (χ0) is 14.7. The third-order valence-corrected chi connectivity index (χ3v) is 3.53. The zero-order valence-electron chi connectivity index (χ0n) is 12.5. The molecule has 1 amide bonds. The number of anilines is 2. The maximum atomic E-state index is 12.3. The van der Waals surface area contributed by atoms with Gasteiger partial charge in [-0.1, -0.05) is 0 Å². The Bertz CT molecular complexity index is 479. The minimum absolute atomic E-state index is 0.0544. The first-order chi connectivity index (χ1) is 9.47. The smallest absolute Gasteiger partial charge is 0.253 e. The van der Waals surface area contributed by atoms with Crippen molar-refractivity contribution in [2.24, 2.45) is 0 Å². The molecule has 1 aromatic carbocycles. The predicted octanol–water partition coefficient (Wildman–Crippen LogP) is 1.16. The number of nitrogens with two attached hydrogens (primary N) is 1. The van der Waals surface area contributed by atoms with Crippen LogP contribution in [0, 0.1) is 0 Å². The van der Waals surface area contributed by atoms with Crippen LogP contribution in [0.2, 0.25) is 0 Å². The highest BCUT2D eigenvalue weighted by molar-refractivity contribution is 6.00. The molecule has 3 N–H and O–H groups in total.